The molecule has 1 heterocycles. The maximum absolute atomic E-state index is 12.1. The summed E-state index contributed by atoms with van der Waals surface area (Å²) in [4.78, 5) is 14.4. The average molecular weight is 367 g/mol. The first-order chi connectivity index (χ1) is 9.36. The second kappa shape index (κ2) is 7.41. The van der Waals surface area contributed by atoms with Crippen LogP contribution in [0.25, 0.3) is 0 Å². The molecule has 0 spiro atoms. The summed E-state index contributed by atoms with van der Waals surface area (Å²) in [6, 6.07) is 1.43. The smallest absolute Gasteiger partial charge is 0.404 e. The second-order valence-corrected chi connectivity index (χ2v) is 6.25. The molecule has 0 aliphatic heterocycles. The van der Waals surface area contributed by atoms with E-state index in [4.69, 9.17) is 5.73 Å². The fraction of sp³-hybridized carbons (Fsp3) is 0.400. The van der Waals surface area contributed by atoms with Crippen LogP contribution in [0.3, 0.4) is 0 Å². The molecule has 0 saturated carbocycles. The largest absolute Gasteiger partial charge is 0.448 e. The van der Waals surface area contributed by atoms with Crippen molar-refractivity contribution >= 4 is 37.9 Å². The maximum Gasteiger partial charge on any atom is 0.404 e. The van der Waals surface area contributed by atoms with Crippen molar-refractivity contribution in [2.75, 3.05) is 25.0 Å². The highest BCUT2D eigenvalue weighted by atomic mass is 79.9. The number of amides is 1. The highest BCUT2D eigenvalue weighted by Gasteiger charge is 2.19. The van der Waals surface area contributed by atoms with E-state index in [0.29, 0.717) is 11.0 Å². The number of nitrogens with one attached hydrogen (secondary N) is 2. The Balaban J connectivity index is 2.85. The Morgan fingerprint density at radius 2 is 2.25 bits per heavy atom. The van der Waals surface area contributed by atoms with Crippen LogP contribution in [0.2, 0.25) is 0 Å². The number of rotatable bonds is 7. The third-order valence-corrected chi connectivity index (χ3v) is 4.00. The van der Waals surface area contributed by atoms with Crippen molar-refractivity contribution in [3.05, 3.63) is 16.7 Å². The molecule has 0 radical (unpaired) electrons. The molecule has 8 nitrogen and oxygen atoms in total. The summed E-state index contributed by atoms with van der Waals surface area (Å²) in [5.74, 6) is 0.249. The predicted octanol–water partition coefficient (Wildman–Crippen LogP) is 0.649. The molecule has 0 saturated heterocycles. The Kier molecular flexibility index (Phi) is 6.17. The molecule has 1 aromatic rings. The quantitative estimate of drug-likeness (QED) is 0.608. The molecule has 20 heavy (non-hydrogen) atoms. The molecule has 0 aromatic carbocycles. The van der Waals surface area contributed by atoms with Crippen LogP contribution in [0.15, 0.2) is 21.6 Å². The summed E-state index contributed by atoms with van der Waals surface area (Å²) in [6.45, 7) is 2.13. The van der Waals surface area contributed by atoms with E-state index in [-0.39, 0.29) is 23.9 Å². The Bertz CT molecular complexity index is 579. The molecule has 0 aliphatic rings. The van der Waals surface area contributed by atoms with E-state index < -0.39 is 16.1 Å². The van der Waals surface area contributed by atoms with Gasteiger partial charge in [0.25, 0.3) is 0 Å². The van der Waals surface area contributed by atoms with Crippen molar-refractivity contribution in [2.24, 2.45) is 5.73 Å². The summed E-state index contributed by atoms with van der Waals surface area (Å²) in [5.41, 5.74) is 4.77. The zero-order chi connectivity index (χ0) is 15.2. The number of hydrogen-bond donors (Lipinski definition) is 3. The Labute approximate surface area is 125 Å². The summed E-state index contributed by atoms with van der Waals surface area (Å²) in [5, 5.41) is 2.86. The van der Waals surface area contributed by atoms with Gasteiger partial charge in [-0.1, -0.05) is 0 Å². The molecule has 112 valence electrons. The molecule has 0 unspecified atom stereocenters. The highest BCUT2D eigenvalue weighted by Crippen LogP contribution is 2.22. The molecule has 10 heteroatoms. The minimum atomic E-state index is -3.77. The summed E-state index contributed by atoms with van der Waals surface area (Å²) < 4.78 is 31.6. The fourth-order valence-electron chi connectivity index (χ4n) is 1.33. The number of primary amides is 1. The van der Waals surface area contributed by atoms with Gasteiger partial charge in [-0.25, -0.2) is 22.9 Å². The summed E-state index contributed by atoms with van der Waals surface area (Å²) >= 11 is 3.17. The van der Waals surface area contributed by atoms with Gasteiger partial charge < -0.3 is 15.8 Å². The summed E-state index contributed by atoms with van der Waals surface area (Å²) in [6.07, 6.45) is 0.536. The van der Waals surface area contributed by atoms with Crippen molar-refractivity contribution in [1.82, 2.24) is 9.71 Å². The van der Waals surface area contributed by atoms with Crippen LogP contribution in [-0.4, -0.2) is 39.2 Å². The SMILES string of the molecule is CCNc1ncc(Br)cc1S(=O)(=O)NCCOC(N)=O. The number of pyridine rings is 1. The topological polar surface area (TPSA) is 123 Å². The van der Waals surface area contributed by atoms with Crippen molar-refractivity contribution < 1.29 is 17.9 Å². The van der Waals surface area contributed by atoms with Crippen LogP contribution >= 0.6 is 15.9 Å². The Morgan fingerprint density at radius 1 is 1.55 bits per heavy atom. The number of carbonyl (C=O) groups is 1. The number of nitrogens with zero attached hydrogens (tertiary/aromatic N) is 1. The number of carbonyl (C=O) groups excluding carboxylic acids is 1. The van der Waals surface area contributed by atoms with Crippen LogP contribution in [-0.2, 0) is 14.8 Å². The summed E-state index contributed by atoms with van der Waals surface area (Å²) in [7, 11) is -3.77. The lowest BCUT2D eigenvalue weighted by Crippen LogP contribution is -2.30. The maximum atomic E-state index is 12.1. The monoisotopic (exact) mass is 366 g/mol. The molecule has 4 N–H and O–H groups in total. The van der Waals surface area contributed by atoms with Crippen molar-refractivity contribution in [2.45, 2.75) is 11.8 Å². The number of anilines is 1. The molecule has 1 amide bonds. The number of nitrogens with two attached hydrogens (primary N) is 1. The van der Waals surface area contributed by atoms with Gasteiger partial charge >= 0.3 is 6.09 Å². The number of aromatic nitrogens is 1. The molecule has 1 aromatic heterocycles. The first kappa shape index (κ1) is 16.7. The van der Waals surface area contributed by atoms with Gasteiger partial charge in [-0.2, -0.15) is 0 Å². The zero-order valence-electron chi connectivity index (χ0n) is 10.7. The van der Waals surface area contributed by atoms with E-state index in [0.717, 1.165) is 0 Å². The van der Waals surface area contributed by atoms with Crippen molar-refractivity contribution in [1.29, 1.82) is 0 Å². The highest BCUT2D eigenvalue weighted by molar-refractivity contribution is 9.10. The van der Waals surface area contributed by atoms with Crippen LogP contribution < -0.4 is 15.8 Å². The molecular weight excluding hydrogens is 352 g/mol. The fourth-order valence-corrected chi connectivity index (χ4v) is 2.98. The lowest BCUT2D eigenvalue weighted by Gasteiger charge is -2.11. The normalized spacial score (nSPS) is 11.1. The van der Waals surface area contributed by atoms with E-state index in [2.05, 4.69) is 35.7 Å². The number of halogens is 1. The van der Waals surface area contributed by atoms with Gasteiger partial charge in [-0.05, 0) is 28.9 Å². The molecule has 0 atom stereocenters. The lowest BCUT2D eigenvalue weighted by atomic mass is 10.4. The van der Waals surface area contributed by atoms with Crippen molar-refractivity contribution in [3.8, 4) is 0 Å². The Morgan fingerprint density at radius 3 is 2.85 bits per heavy atom. The van der Waals surface area contributed by atoms with Crippen molar-refractivity contribution in [3.63, 3.8) is 0 Å². The average Bonchev–Trinajstić information content (AvgIpc) is 2.37. The zero-order valence-corrected chi connectivity index (χ0v) is 13.1. The van der Waals surface area contributed by atoms with E-state index in [9.17, 15) is 13.2 Å². The third kappa shape index (κ3) is 4.94. The first-order valence-corrected chi connectivity index (χ1v) is 7.95. The van der Waals surface area contributed by atoms with Gasteiger partial charge in [0.2, 0.25) is 10.0 Å². The number of sulfonamides is 1. The lowest BCUT2D eigenvalue weighted by molar-refractivity contribution is 0.159. The molecular formula is C10H15BrN4O4S. The first-order valence-electron chi connectivity index (χ1n) is 5.68. The second-order valence-electron chi connectivity index (χ2n) is 3.60. The van der Waals surface area contributed by atoms with Crippen LogP contribution in [0, 0.1) is 0 Å². The standard InChI is InChI=1S/C10H15BrN4O4S/c1-2-13-9-8(5-7(11)6-14-9)20(17,18)15-3-4-19-10(12)16/h5-6,15H,2-4H2,1H3,(H2,12,16)(H,13,14). The van der Waals surface area contributed by atoms with E-state index in [1.54, 1.807) is 0 Å². The predicted molar refractivity (Wildman–Crippen MR) is 76.8 cm³/mol. The van der Waals surface area contributed by atoms with Gasteiger partial charge in [-0.3, -0.25) is 0 Å². The minimum absolute atomic E-state index is 0.00722. The number of ether oxygens (including phenoxy) is 1. The van der Waals surface area contributed by atoms with Gasteiger partial charge in [-0.15, -0.1) is 0 Å². The molecule has 0 fully saturated rings. The van der Waals surface area contributed by atoms with Crippen LogP contribution in [0.5, 0.6) is 0 Å². The van der Waals surface area contributed by atoms with Crippen LogP contribution in [0.4, 0.5) is 10.6 Å². The minimum Gasteiger partial charge on any atom is -0.448 e. The molecule has 1 rings (SSSR count). The van der Waals surface area contributed by atoms with E-state index in [1.807, 2.05) is 6.92 Å². The van der Waals surface area contributed by atoms with Gasteiger partial charge in [0.05, 0.1) is 0 Å². The van der Waals surface area contributed by atoms with E-state index in [1.165, 1.54) is 12.3 Å². The van der Waals surface area contributed by atoms with E-state index >= 15 is 0 Å². The van der Waals surface area contributed by atoms with Gasteiger partial charge in [0.15, 0.2) is 0 Å². The number of hydrogen-bond acceptors (Lipinski definition) is 6. The molecule has 0 bridgehead atoms. The van der Waals surface area contributed by atoms with Gasteiger partial charge in [0.1, 0.15) is 17.3 Å². The third-order valence-electron chi connectivity index (χ3n) is 2.09. The Hall–Kier alpha value is -1.39. The molecule has 0 aliphatic carbocycles. The van der Waals surface area contributed by atoms with Gasteiger partial charge in [0, 0.05) is 23.8 Å². The van der Waals surface area contributed by atoms with Crippen LogP contribution in [0.1, 0.15) is 6.92 Å².